The van der Waals surface area contributed by atoms with Crippen LogP contribution in [0.5, 0.6) is 0 Å². The Morgan fingerprint density at radius 2 is 1.93 bits per heavy atom. The standard InChI is InChI=1S/C19H24N4O3S/c1-3-23(16-10-11-27(25,26)13-16)18-9-8-17(21-22-18)20-19(24)12-15-6-4-14(2)5-7-15/h4-9,16H,3,10-13H2,1-2H3,(H,20,21,24). The number of nitrogens with zero attached hydrogens (tertiary/aromatic N) is 3. The second kappa shape index (κ2) is 8.04. The number of carbonyl (C=O) groups is 1. The van der Waals surface area contributed by atoms with Gasteiger partial charge in [-0.1, -0.05) is 29.8 Å². The van der Waals surface area contributed by atoms with Crippen molar-refractivity contribution in [3.63, 3.8) is 0 Å². The number of aryl methyl sites for hydroxylation is 1. The lowest BCUT2D eigenvalue weighted by Gasteiger charge is -2.27. The van der Waals surface area contributed by atoms with Crippen molar-refractivity contribution in [3.05, 3.63) is 47.5 Å². The Morgan fingerprint density at radius 1 is 1.19 bits per heavy atom. The van der Waals surface area contributed by atoms with E-state index in [4.69, 9.17) is 0 Å². The third-order valence-electron chi connectivity index (χ3n) is 4.69. The van der Waals surface area contributed by atoms with Crippen molar-refractivity contribution < 1.29 is 13.2 Å². The lowest BCUT2D eigenvalue weighted by atomic mass is 10.1. The first kappa shape index (κ1) is 19.3. The van der Waals surface area contributed by atoms with E-state index in [0.29, 0.717) is 24.6 Å². The first-order chi connectivity index (χ1) is 12.9. The van der Waals surface area contributed by atoms with Crippen molar-refractivity contribution >= 4 is 27.4 Å². The van der Waals surface area contributed by atoms with Gasteiger partial charge in [0.05, 0.1) is 17.9 Å². The molecular formula is C19H24N4O3S. The Morgan fingerprint density at radius 3 is 2.48 bits per heavy atom. The molecule has 1 saturated heterocycles. The lowest BCUT2D eigenvalue weighted by molar-refractivity contribution is -0.115. The van der Waals surface area contributed by atoms with E-state index < -0.39 is 9.84 Å². The fourth-order valence-corrected chi connectivity index (χ4v) is 4.98. The van der Waals surface area contributed by atoms with Gasteiger partial charge in [0, 0.05) is 12.6 Å². The number of amides is 1. The number of hydrogen-bond donors (Lipinski definition) is 1. The number of carbonyl (C=O) groups excluding carboxylic acids is 1. The molecule has 0 radical (unpaired) electrons. The van der Waals surface area contributed by atoms with Crippen molar-refractivity contribution in [2.45, 2.75) is 32.7 Å². The molecule has 1 aliphatic rings. The minimum Gasteiger partial charge on any atom is -0.351 e. The summed E-state index contributed by atoms with van der Waals surface area (Å²) in [4.78, 5) is 14.1. The second-order valence-electron chi connectivity index (χ2n) is 6.83. The summed E-state index contributed by atoms with van der Waals surface area (Å²) >= 11 is 0. The van der Waals surface area contributed by atoms with Crippen LogP contribution in [0.1, 0.15) is 24.5 Å². The van der Waals surface area contributed by atoms with Crippen LogP contribution in [0.3, 0.4) is 0 Å². The smallest absolute Gasteiger partial charge is 0.229 e. The van der Waals surface area contributed by atoms with Crippen LogP contribution in [0.15, 0.2) is 36.4 Å². The molecule has 27 heavy (non-hydrogen) atoms. The highest BCUT2D eigenvalue weighted by Crippen LogP contribution is 2.22. The van der Waals surface area contributed by atoms with Gasteiger partial charge in [-0.2, -0.15) is 0 Å². The zero-order chi connectivity index (χ0) is 19.4. The minimum absolute atomic E-state index is 0.0729. The number of anilines is 2. The summed E-state index contributed by atoms with van der Waals surface area (Å²) in [6, 6.07) is 11.2. The normalized spacial score (nSPS) is 18.2. The van der Waals surface area contributed by atoms with E-state index in [1.165, 1.54) is 0 Å². The van der Waals surface area contributed by atoms with Gasteiger partial charge in [0.1, 0.15) is 0 Å². The van der Waals surface area contributed by atoms with E-state index in [1.807, 2.05) is 43.0 Å². The summed E-state index contributed by atoms with van der Waals surface area (Å²) in [5, 5.41) is 11.0. The van der Waals surface area contributed by atoms with Crippen molar-refractivity contribution in [2.24, 2.45) is 0 Å². The largest absolute Gasteiger partial charge is 0.351 e. The van der Waals surface area contributed by atoms with Gasteiger partial charge in [-0.3, -0.25) is 4.79 Å². The first-order valence-corrected chi connectivity index (χ1v) is 10.8. The van der Waals surface area contributed by atoms with Crippen LogP contribution in [0.4, 0.5) is 11.6 Å². The Labute approximate surface area is 159 Å². The van der Waals surface area contributed by atoms with E-state index >= 15 is 0 Å². The van der Waals surface area contributed by atoms with E-state index in [0.717, 1.165) is 11.1 Å². The van der Waals surface area contributed by atoms with Gasteiger partial charge in [-0.05, 0) is 38.0 Å². The van der Waals surface area contributed by atoms with Crippen molar-refractivity contribution in [2.75, 3.05) is 28.3 Å². The summed E-state index contributed by atoms with van der Waals surface area (Å²) in [5.74, 6) is 1.21. The van der Waals surface area contributed by atoms with Crippen LogP contribution >= 0.6 is 0 Å². The van der Waals surface area contributed by atoms with Gasteiger partial charge in [0.2, 0.25) is 5.91 Å². The molecular weight excluding hydrogens is 364 g/mol. The molecule has 1 fully saturated rings. The molecule has 0 bridgehead atoms. The average molecular weight is 388 g/mol. The summed E-state index contributed by atoms with van der Waals surface area (Å²) in [7, 11) is -2.96. The van der Waals surface area contributed by atoms with Crippen LogP contribution in [-0.4, -0.2) is 48.6 Å². The highest BCUT2D eigenvalue weighted by Gasteiger charge is 2.32. The molecule has 0 saturated carbocycles. The molecule has 1 N–H and O–H groups in total. The van der Waals surface area contributed by atoms with Crippen LogP contribution < -0.4 is 10.2 Å². The van der Waals surface area contributed by atoms with Crippen LogP contribution in [0.25, 0.3) is 0 Å². The molecule has 144 valence electrons. The number of aromatic nitrogens is 2. The van der Waals surface area contributed by atoms with E-state index in [-0.39, 0.29) is 29.9 Å². The Kier molecular flexibility index (Phi) is 5.74. The van der Waals surface area contributed by atoms with Gasteiger partial charge in [-0.15, -0.1) is 10.2 Å². The predicted molar refractivity (Wildman–Crippen MR) is 106 cm³/mol. The van der Waals surface area contributed by atoms with E-state index in [2.05, 4.69) is 15.5 Å². The van der Waals surface area contributed by atoms with Gasteiger partial charge in [0.15, 0.2) is 21.5 Å². The monoisotopic (exact) mass is 388 g/mol. The SMILES string of the molecule is CCN(c1ccc(NC(=O)Cc2ccc(C)cc2)nn1)C1CCS(=O)(=O)C1. The molecule has 0 spiro atoms. The molecule has 0 aliphatic carbocycles. The molecule has 8 heteroatoms. The van der Waals surface area contributed by atoms with Crippen molar-refractivity contribution in [3.8, 4) is 0 Å². The molecule has 1 aromatic heterocycles. The minimum atomic E-state index is -2.96. The van der Waals surface area contributed by atoms with Crippen molar-refractivity contribution in [1.29, 1.82) is 0 Å². The number of rotatable bonds is 6. The average Bonchev–Trinajstić information content (AvgIpc) is 2.99. The van der Waals surface area contributed by atoms with Gasteiger partial charge in [0.25, 0.3) is 0 Å². The third-order valence-corrected chi connectivity index (χ3v) is 6.44. The first-order valence-electron chi connectivity index (χ1n) is 9.02. The third kappa shape index (κ3) is 5.03. The summed E-state index contributed by atoms with van der Waals surface area (Å²) < 4.78 is 23.5. The lowest BCUT2D eigenvalue weighted by Crippen LogP contribution is -2.36. The highest BCUT2D eigenvalue weighted by molar-refractivity contribution is 7.91. The topological polar surface area (TPSA) is 92.3 Å². The maximum absolute atomic E-state index is 12.2. The Hall–Kier alpha value is -2.48. The van der Waals surface area contributed by atoms with Gasteiger partial charge >= 0.3 is 0 Å². The Bertz CT molecular complexity index is 896. The molecule has 1 unspecified atom stereocenters. The van der Waals surface area contributed by atoms with E-state index in [1.54, 1.807) is 12.1 Å². The Balaban J connectivity index is 1.62. The molecule has 7 nitrogen and oxygen atoms in total. The maximum atomic E-state index is 12.2. The molecule has 1 atom stereocenters. The molecule has 2 heterocycles. The maximum Gasteiger partial charge on any atom is 0.229 e. The molecule has 2 aromatic rings. The van der Waals surface area contributed by atoms with Crippen LogP contribution in [0.2, 0.25) is 0 Å². The van der Waals surface area contributed by atoms with Gasteiger partial charge in [-0.25, -0.2) is 8.42 Å². The summed E-state index contributed by atoms with van der Waals surface area (Å²) in [5.41, 5.74) is 2.08. The summed E-state index contributed by atoms with van der Waals surface area (Å²) in [6.45, 7) is 4.61. The molecule has 1 amide bonds. The van der Waals surface area contributed by atoms with Crippen LogP contribution in [0, 0.1) is 6.92 Å². The van der Waals surface area contributed by atoms with Gasteiger partial charge < -0.3 is 10.2 Å². The predicted octanol–water partition coefficient (Wildman–Crippen LogP) is 1.98. The highest BCUT2D eigenvalue weighted by atomic mass is 32.2. The van der Waals surface area contributed by atoms with Crippen LogP contribution in [-0.2, 0) is 21.1 Å². The molecule has 1 aliphatic heterocycles. The number of nitrogens with one attached hydrogen (secondary N) is 1. The van der Waals surface area contributed by atoms with Crippen molar-refractivity contribution in [1.82, 2.24) is 10.2 Å². The fourth-order valence-electron chi connectivity index (χ4n) is 3.25. The summed E-state index contributed by atoms with van der Waals surface area (Å²) in [6.07, 6.45) is 0.873. The number of sulfone groups is 1. The number of benzene rings is 1. The quantitative estimate of drug-likeness (QED) is 0.813. The second-order valence-corrected chi connectivity index (χ2v) is 9.06. The molecule has 3 rings (SSSR count). The van der Waals surface area contributed by atoms with E-state index in [9.17, 15) is 13.2 Å². The number of hydrogen-bond acceptors (Lipinski definition) is 6. The fraction of sp³-hybridized carbons (Fsp3) is 0.421. The zero-order valence-corrected chi connectivity index (χ0v) is 16.4. The zero-order valence-electron chi connectivity index (χ0n) is 15.6. The molecule has 1 aromatic carbocycles.